The summed E-state index contributed by atoms with van der Waals surface area (Å²) in [6.07, 6.45) is 3.01. The number of nitrogens with zero attached hydrogens (tertiary/aromatic N) is 2. The highest BCUT2D eigenvalue weighted by atomic mass is 16.5. The van der Waals surface area contributed by atoms with E-state index in [1.807, 2.05) is 0 Å². The number of carboxylic acid groups (broad SMARTS) is 1. The Balaban J connectivity index is 2.39. The first kappa shape index (κ1) is 7.53. The minimum atomic E-state index is -1.14. The Hall–Kier alpha value is -2.11. The second-order valence-corrected chi connectivity index (χ2v) is 2.35. The first-order valence-electron chi connectivity index (χ1n) is 3.46. The standard InChI is InChI=1S/C7H5N3O3/c11-7(12)6-1-4(10-13-6)5-2-8-3-9-5/h1-3H,(H,8,9)(H,11,12). The van der Waals surface area contributed by atoms with Crippen LogP contribution >= 0.6 is 0 Å². The fraction of sp³-hybridized carbons (Fsp3) is 0. The van der Waals surface area contributed by atoms with Crippen LogP contribution in [-0.4, -0.2) is 26.2 Å². The predicted molar refractivity (Wildman–Crippen MR) is 41.0 cm³/mol. The van der Waals surface area contributed by atoms with Crippen molar-refractivity contribution in [2.75, 3.05) is 0 Å². The molecule has 2 heterocycles. The second kappa shape index (κ2) is 2.74. The highest BCUT2D eigenvalue weighted by molar-refractivity contribution is 5.85. The van der Waals surface area contributed by atoms with Crippen LogP contribution in [0.15, 0.2) is 23.1 Å². The molecule has 2 aromatic heterocycles. The molecule has 0 saturated carbocycles. The van der Waals surface area contributed by atoms with Gasteiger partial charge in [0, 0.05) is 6.07 Å². The molecular formula is C7H5N3O3. The van der Waals surface area contributed by atoms with Gasteiger partial charge in [0.2, 0.25) is 5.76 Å². The van der Waals surface area contributed by atoms with E-state index in [1.54, 1.807) is 0 Å². The van der Waals surface area contributed by atoms with Gasteiger partial charge in [0.25, 0.3) is 0 Å². The Bertz CT molecular complexity index is 418. The molecule has 0 unspecified atom stereocenters. The maximum absolute atomic E-state index is 10.4. The van der Waals surface area contributed by atoms with E-state index < -0.39 is 5.97 Å². The Morgan fingerprint density at radius 2 is 2.46 bits per heavy atom. The average molecular weight is 179 g/mol. The number of aromatic carboxylic acids is 1. The molecule has 6 heteroatoms. The molecule has 0 aliphatic heterocycles. The van der Waals surface area contributed by atoms with Crippen molar-refractivity contribution in [3.8, 4) is 11.4 Å². The van der Waals surface area contributed by atoms with E-state index in [1.165, 1.54) is 18.6 Å². The second-order valence-electron chi connectivity index (χ2n) is 2.35. The molecule has 0 aromatic carbocycles. The van der Waals surface area contributed by atoms with Gasteiger partial charge in [0.05, 0.1) is 18.2 Å². The molecule has 2 rings (SSSR count). The van der Waals surface area contributed by atoms with Crippen LogP contribution in [0.1, 0.15) is 10.6 Å². The fourth-order valence-corrected chi connectivity index (χ4v) is 0.899. The van der Waals surface area contributed by atoms with Crippen molar-refractivity contribution < 1.29 is 14.4 Å². The number of carbonyl (C=O) groups is 1. The predicted octanol–water partition coefficient (Wildman–Crippen LogP) is 0.763. The van der Waals surface area contributed by atoms with E-state index in [0.29, 0.717) is 11.4 Å². The molecule has 2 N–H and O–H groups in total. The summed E-state index contributed by atoms with van der Waals surface area (Å²) in [4.78, 5) is 17.0. The Labute approximate surface area is 72.2 Å². The molecule has 0 aliphatic carbocycles. The van der Waals surface area contributed by atoms with Crippen molar-refractivity contribution >= 4 is 5.97 Å². The number of hydrogen-bond donors (Lipinski definition) is 2. The van der Waals surface area contributed by atoms with Crippen LogP contribution in [0, 0.1) is 0 Å². The third-order valence-electron chi connectivity index (χ3n) is 1.50. The highest BCUT2D eigenvalue weighted by Crippen LogP contribution is 2.15. The zero-order chi connectivity index (χ0) is 9.26. The molecule has 0 bridgehead atoms. The molecule has 0 spiro atoms. The maximum atomic E-state index is 10.4. The van der Waals surface area contributed by atoms with Crippen molar-refractivity contribution in [2.45, 2.75) is 0 Å². The summed E-state index contributed by atoms with van der Waals surface area (Å²) in [6.45, 7) is 0. The van der Waals surface area contributed by atoms with Crippen LogP contribution in [0.5, 0.6) is 0 Å². The number of aromatic amines is 1. The average Bonchev–Trinajstić information content (AvgIpc) is 2.75. The van der Waals surface area contributed by atoms with E-state index in [4.69, 9.17) is 5.11 Å². The number of hydrogen-bond acceptors (Lipinski definition) is 4. The molecular weight excluding hydrogens is 174 g/mol. The van der Waals surface area contributed by atoms with E-state index >= 15 is 0 Å². The van der Waals surface area contributed by atoms with Crippen LogP contribution in [0.25, 0.3) is 11.4 Å². The number of imidazole rings is 1. The number of aromatic nitrogens is 3. The summed E-state index contributed by atoms with van der Waals surface area (Å²) in [7, 11) is 0. The van der Waals surface area contributed by atoms with Gasteiger partial charge in [0.15, 0.2) is 0 Å². The molecule has 13 heavy (non-hydrogen) atoms. The summed E-state index contributed by atoms with van der Waals surface area (Å²) < 4.78 is 4.55. The topological polar surface area (TPSA) is 92.0 Å². The van der Waals surface area contributed by atoms with E-state index in [2.05, 4.69) is 19.6 Å². The quantitative estimate of drug-likeness (QED) is 0.710. The summed E-state index contributed by atoms with van der Waals surface area (Å²) in [5.74, 6) is -1.33. The molecule has 0 amide bonds. The number of carboxylic acids is 1. The van der Waals surface area contributed by atoms with Crippen LogP contribution < -0.4 is 0 Å². The molecule has 0 fully saturated rings. The lowest BCUT2D eigenvalue weighted by molar-refractivity contribution is 0.0652. The van der Waals surface area contributed by atoms with E-state index in [-0.39, 0.29) is 5.76 Å². The van der Waals surface area contributed by atoms with Crippen LogP contribution in [0.4, 0.5) is 0 Å². The molecule has 6 nitrogen and oxygen atoms in total. The largest absolute Gasteiger partial charge is 0.475 e. The van der Waals surface area contributed by atoms with Gasteiger partial charge < -0.3 is 14.6 Å². The molecule has 2 aromatic rings. The van der Waals surface area contributed by atoms with Gasteiger partial charge in [-0.3, -0.25) is 0 Å². The molecule has 0 aliphatic rings. The van der Waals surface area contributed by atoms with Crippen molar-refractivity contribution in [2.24, 2.45) is 0 Å². The van der Waals surface area contributed by atoms with Gasteiger partial charge in [0.1, 0.15) is 5.69 Å². The van der Waals surface area contributed by atoms with E-state index in [9.17, 15) is 4.79 Å². The number of nitrogens with one attached hydrogen (secondary N) is 1. The smallest absolute Gasteiger partial charge is 0.374 e. The zero-order valence-electron chi connectivity index (χ0n) is 6.39. The molecule has 0 radical (unpaired) electrons. The van der Waals surface area contributed by atoms with Crippen molar-refractivity contribution in [3.63, 3.8) is 0 Å². The fourth-order valence-electron chi connectivity index (χ4n) is 0.899. The number of H-pyrrole nitrogens is 1. The SMILES string of the molecule is O=C(O)c1cc(-c2cnc[nH]2)no1. The summed E-state index contributed by atoms with van der Waals surface area (Å²) in [6, 6.07) is 1.33. The van der Waals surface area contributed by atoms with Crippen molar-refractivity contribution in [1.82, 2.24) is 15.1 Å². The van der Waals surface area contributed by atoms with Gasteiger partial charge in [-0.2, -0.15) is 0 Å². The minimum Gasteiger partial charge on any atom is -0.475 e. The van der Waals surface area contributed by atoms with Gasteiger partial charge in [-0.15, -0.1) is 0 Å². The van der Waals surface area contributed by atoms with Gasteiger partial charge in [-0.05, 0) is 0 Å². The maximum Gasteiger partial charge on any atom is 0.374 e. The Morgan fingerprint density at radius 3 is 3.00 bits per heavy atom. The van der Waals surface area contributed by atoms with Gasteiger partial charge >= 0.3 is 5.97 Å². The van der Waals surface area contributed by atoms with Crippen LogP contribution in [0.2, 0.25) is 0 Å². The lowest BCUT2D eigenvalue weighted by Gasteiger charge is -1.82. The number of rotatable bonds is 2. The van der Waals surface area contributed by atoms with Crippen molar-refractivity contribution in [1.29, 1.82) is 0 Å². The summed E-state index contributed by atoms with van der Waals surface area (Å²) in [5, 5.41) is 12.1. The third kappa shape index (κ3) is 1.28. The first-order valence-corrected chi connectivity index (χ1v) is 3.46. The Kier molecular flexibility index (Phi) is 1.59. The van der Waals surface area contributed by atoms with Gasteiger partial charge in [-0.1, -0.05) is 5.16 Å². The molecule has 66 valence electrons. The highest BCUT2D eigenvalue weighted by Gasteiger charge is 2.12. The van der Waals surface area contributed by atoms with Crippen LogP contribution in [-0.2, 0) is 0 Å². The lowest BCUT2D eigenvalue weighted by atomic mass is 10.3. The van der Waals surface area contributed by atoms with Crippen LogP contribution in [0.3, 0.4) is 0 Å². The Morgan fingerprint density at radius 1 is 1.62 bits per heavy atom. The first-order chi connectivity index (χ1) is 6.27. The summed E-state index contributed by atoms with van der Waals surface area (Å²) in [5.41, 5.74) is 1.05. The molecule has 0 saturated heterocycles. The molecule has 0 atom stereocenters. The monoisotopic (exact) mass is 179 g/mol. The van der Waals surface area contributed by atoms with E-state index in [0.717, 1.165) is 0 Å². The zero-order valence-corrected chi connectivity index (χ0v) is 6.39. The minimum absolute atomic E-state index is 0.190. The van der Waals surface area contributed by atoms with Gasteiger partial charge in [-0.25, -0.2) is 9.78 Å². The third-order valence-corrected chi connectivity index (χ3v) is 1.50. The van der Waals surface area contributed by atoms with Crippen molar-refractivity contribution in [3.05, 3.63) is 24.4 Å². The normalized spacial score (nSPS) is 10.2. The lowest BCUT2D eigenvalue weighted by Crippen LogP contribution is -1.91. The summed E-state index contributed by atoms with van der Waals surface area (Å²) >= 11 is 0.